The molecule has 2 aliphatic carbocycles. The summed E-state index contributed by atoms with van der Waals surface area (Å²) in [6.45, 7) is 1.16. The van der Waals surface area contributed by atoms with Crippen LogP contribution in [0.1, 0.15) is 37.7 Å². The first-order valence-corrected chi connectivity index (χ1v) is 8.82. The second-order valence-corrected chi connectivity index (χ2v) is 7.39. The maximum Gasteiger partial charge on any atom is 0.225 e. The number of likely N-dealkylation sites (tertiary alicyclic amines) is 1. The molecule has 1 saturated heterocycles. The predicted octanol–water partition coefficient (Wildman–Crippen LogP) is 2.34. The Morgan fingerprint density at radius 1 is 1.17 bits per heavy atom. The summed E-state index contributed by atoms with van der Waals surface area (Å²) in [5, 5.41) is 2.99. The highest BCUT2D eigenvalue weighted by molar-refractivity contribution is 5.89. The Kier molecular flexibility index (Phi) is 3.83. The number of hydrogen-bond donors (Lipinski definition) is 1. The summed E-state index contributed by atoms with van der Waals surface area (Å²) in [7, 11) is 0. The van der Waals surface area contributed by atoms with Gasteiger partial charge < -0.3 is 10.2 Å². The summed E-state index contributed by atoms with van der Waals surface area (Å²) >= 11 is 0. The highest BCUT2D eigenvalue weighted by Gasteiger charge is 2.47. The maximum atomic E-state index is 12.4. The van der Waals surface area contributed by atoms with Gasteiger partial charge in [0.1, 0.15) is 0 Å². The molecule has 0 spiro atoms. The van der Waals surface area contributed by atoms with Crippen molar-refractivity contribution in [3.8, 4) is 0 Å². The Labute approximate surface area is 137 Å². The maximum absolute atomic E-state index is 12.4. The van der Waals surface area contributed by atoms with Crippen LogP contribution in [-0.2, 0) is 16.1 Å². The Morgan fingerprint density at radius 2 is 2.00 bits per heavy atom. The van der Waals surface area contributed by atoms with Crippen molar-refractivity contribution >= 4 is 11.8 Å². The van der Waals surface area contributed by atoms with Crippen molar-refractivity contribution in [1.29, 1.82) is 0 Å². The van der Waals surface area contributed by atoms with Crippen molar-refractivity contribution in [1.82, 2.24) is 10.2 Å². The number of nitrogens with zero attached hydrogens (tertiary/aromatic N) is 1. The van der Waals surface area contributed by atoms with Crippen molar-refractivity contribution < 1.29 is 9.59 Å². The average Bonchev–Trinajstić information content (AvgIpc) is 3.28. The molecule has 1 aromatic carbocycles. The first-order chi connectivity index (χ1) is 11.2. The highest BCUT2D eigenvalue weighted by atomic mass is 16.2. The van der Waals surface area contributed by atoms with E-state index in [2.05, 4.69) is 5.32 Å². The molecule has 0 radical (unpaired) electrons. The molecule has 4 heteroatoms. The van der Waals surface area contributed by atoms with Gasteiger partial charge in [0.2, 0.25) is 11.8 Å². The lowest BCUT2D eigenvalue weighted by Gasteiger charge is -2.31. The zero-order valence-electron chi connectivity index (χ0n) is 13.4. The van der Waals surface area contributed by atoms with Crippen LogP contribution in [0.25, 0.3) is 0 Å². The molecule has 1 N–H and O–H groups in total. The van der Waals surface area contributed by atoms with Crippen LogP contribution in [0.4, 0.5) is 0 Å². The summed E-state index contributed by atoms with van der Waals surface area (Å²) in [6, 6.07) is 10.3. The van der Waals surface area contributed by atoms with Gasteiger partial charge in [0, 0.05) is 25.6 Å². The minimum atomic E-state index is -0.176. The SMILES string of the molecule is O=C(NCc1ccccc1)[C@H]1CC(=O)N([C@@H]2C[C@H]3CC[C@H]2C3)C1. The molecular formula is C19H24N2O2. The Bertz CT molecular complexity index is 601. The third kappa shape index (κ3) is 2.87. The largest absolute Gasteiger partial charge is 0.352 e. The van der Waals surface area contributed by atoms with Gasteiger partial charge in [-0.25, -0.2) is 0 Å². The van der Waals surface area contributed by atoms with E-state index in [1.165, 1.54) is 19.3 Å². The minimum absolute atomic E-state index is 0.0212. The molecule has 122 valence electrons. The zero-order chi connectivity index (χ0) is 15.8. The average molecular weight is 312 g/mol. The molecule has 4 rings (SSSR count). The van der Waals surface area contributed by atoms with Crippen molar-refractivity contribution in [2.75, 3.05) is 6.54 Å². The van der Waals surface area contributed by atoms with Crippen molar-refractivity contribution in [3.63, 3.8) is 0 Å². The lowest BCUT2D eigenvalue weighted by atomic mass is 9.94. The van der Waals surface area contributed by atoms with E-state index in [4.69, 9.17) is 0 Å². The summed E-state index contributed by atoms with van der Waals surface area (Å²) in [6.07, 6.45) is 5.44. The van der Waals surface area contributed by atoms with Crippen LogP contribution in [-0.4, -0.2) is 29.3 Å². The summed E-state index contributed by atoms with van der Waals surface area (Å²) in [5.74, 6) is 1.54. The van der Waals surface area contributed by atoms with E-state index in [-0.39, 0.29) is 17.7 Å². The summed E-state index contributed by atoms with van der Waals surface area (Å²) < 4.78 is 0. The van der Waals surface area contributed by atoms with Crippen molar-refractivity contribution in [2.24, 2.45) is 17.8 Å². The molecule has 1 heterocycles. The van der Waals surface area contributed by atoms with Crippen LogP contribution >= 0.6 is 0 Å². The third-order valence-electron chi connectivity index (χ3n) is 5.94. The summed E-state index contributed by atoms with van der Waals surface area (Å²) in [5.41, 5.74) is 1.09. The van der Waals surface area contributed by atoms with Gasteiger partial charge >= 0.3 is 0 Å². The van der Waals surface area contributed by atoms with E-state index < -0.39 is 0 Å². The lowest BCUT2D eigenvalue weighted by molar-refractivity contribution is -0.131. The first-order valence-electron chi connectivity index (χ1n) is 8.82. The molecular weight excluding hydrogens is 288 g/mol. The van der Waals surface area contributed by atoms with E-state index in [9.17, 15) is 9.59 Å². The standard InChI is InChI=1S/C19H24N2O2/c22-18-10-16(19(23)20-11-13-4-2-1-3-5-13)12-21(18)17-9-14-6-7-15(17)8-14/h1-5,14-17H,6-12H2,(H,20,23)/t14-,15-,16-,17+/m0/s1. The Balaban J connectivity index is 1.33. The van der Waals surface area contributed by atoms with Crippen LogP contribution in [0.15, 0.2) is 30.3 Å². The van der Waals surface area contributed by atoms with E-state index in [1.807, 2.05) is 35.2 Å². The lowest BCUT2D eigenvalue weighted by Crippen LogP contribution is -2.41. The van der Waals surface area contributed by atoms with Crippen molar-refractivity contribution in [2.45, 2.75) is 44.7 Å². The third-order valence-corrected chi connectivity index (χ3v) is 5.94. The van der Waals surface area contributed by atoms with Gasteiger partial charge in [-0.15, -0.1) is 0 Å². The van der Waals surface area contributed by atoms with Crippen LogP contribution in [0.3, 0.4) is 0 Å². The van der Waals surface area contributed by atoms with Gasteiger partial charge in [-0.1, -0.05) is 36.8 Å². The second kappa shape index (κ2) is 5.99. The van der Waals surface area contributed by atoms with E-state index in [0.717, 1.165) is 17.9 Å². The van der Waals surface area contributed by atoms with Gasteiger partial charge in [-0.05, 0) is 36.7 Å². The van der Waals surface area contributed by atoms with Crippen LogP contribution in [0.2, 0.25) is 0 Å². The first kappa shape index (κ1) is 14.7. The smallest absolute Gasteiger partial charge is 0.225 e. The van der Waals surface area contributed by atoms with E-state index in [0.29, 0.717) is 31.5 Å². The molecule has 3 fully saturated rings. The summed E-state index contributed by atoms with van der Waals surface area (Å²) in [4.78, 5) is 26.8. The molecule has 0 unspecified atom stereocenters. The Hall–Kier alpha value is -1.84. The molecule has 4 nitrogen and oxygen atoms in total. The monoisotopic (exact) mass is 312 g/mol. The number of hydrogen-bond acceptors (Lipinski definition) is 2. The number of carbonyl (C=O) groups excluding carboxylic acids is 2. The number of benzene rings is 1. The quantitative estimate of drug-likeness (QED) is 0.928. The number of amides is 2. The van der Waals surface area contributed by atoms with E-state index >= 15 is 0 Å². The van der Waals surface area contributed by atoms with E-state index in [1.54, 1.807) is 0 Å². The topological polar surface area (TPSA) is 49.4 Å². The molecule has 2 bridgehead atoms. The van der Waals surface area contributed by atoms with Gasteiger partial charge in [0.05, 0.1) is 5.92 Å². The normalized spacial score (nSPS) is 32.5. The highest BCUT2D eigenvalue weighted by Crippen LogP contribution is 2.47. The molecule has 1 aromatic rings. The molecule has 2 saturated carbocycles. The predicted molar refractivity (Wildman–Crippen MR) is 87.3 cm³/mol. The number of rotatable bonds is 4. The molecule has 1 aliphatic heterocycles. The molecule has 4 atom stereocenters. The minimum Gasteiger partial charge on any atom is -0.352 e. The number of fused-ring (bicyclic) bond motifs is 2. The van der Waals surface area contributed by atoms with Gasteiger partial charge in [0.25, 0.3) is 0 Å². The zero-order valence-corrected chi connectivity index (χ0v) is 13.4. The number of carbonyl (C=O) groups is 2. The molecule has 23 heavy (non-hydrogen) atoms. The van der Waals surface area contributed by atoms with Gasteiger partial charge in [-0.3, -0.25) is 9.59 Å². The molecule has 0 aromatic heterocycles. The second-order valence-electron chi connectivity index (χ2n) is 7.39. The number of nitrogens with one attached hydrogen (secondary N) is 1. The fourth-order valence-electron chi connectivity index (χ4n) is 4.75. The molecule has 3 aliphatic rings. The van der Waals surface area contributed by atoms with Crippen LogP contribution < -0.4 is 5.32 Å². The van der Waals surface area contributed by atoms with Crippen molar-refractivity contribution in [3.05, 3.63) is 35.9 Å². The fourth-order valence-corrected chi connectivity index (χ4v) is 4.75. The van der Waals surface area contributed by atoms with Gasteiger partial charge in [0.15, 0.2) is 0 Å². The van der Waals surface area contributed by atoms with Crippen LogP contribution in [0, 0.1) is 17.8 Å². The molecule has 2 amide bonds. The fraction of sp³-hybridized carbons (Fsp3) is 0.579. The van der Waals surface area contributed by atoms with Gasteiger partial charge in [-0.2, -0.15) is 0 Å². The van der Waals surface area contributed by atoms with Crippen LogP contribution in [0.5, 0.6) is 0 Å². The Morgan fingerprint density at radius 3 is 2.70 bits per heavy atom.